The summed E-state index contributed by atoms with van der Waals surface area (Å²) in [6.07, 6.45) is 0. The van der Waals surface area contributed by atoms with Crippen LogP contribution in [-0.2, 0) is 4.79 Å². The van der Waals surface area contributed by atoms with Gasteiger partial charge in [0.1, 0.15) is 0 Å². The quantitative estimate of drug-likeness (QED) is 0.817. The van der Waals surface area contributed by atoms with Crippen molar-refractivity contribution in [2.24, 2.45) is 5.41 Å². The summed E-state index contributed by atoms with van der Waals surface area (Å²) in [6.45, 7) is 10.1. The van der Waals surface area contributed by atoms with E-state index in [1.165, 1.54) is 4.90 Å². The normalized spacial score (nSPS) is 11.6. The average Bonchev–Trinajstić information content (AvgIpc) is 2.15. The molecule has 1 aromatic carbocycles. The van der Waals surface area contributed by atoms with Crippen LogP contribution in [0, 0.1) is 5.41 Å². The first-order valence-corrected chi connectivity index (χ1v) is 6.75. The first-order valence-electron chi connectivity index (χ1n) is 5.87. The lowest BCUT2D eigenvalue weighted by molar-refractivity contribution is -0.123. The highest BCUT2D eigenvalue weighted by Crippen LogP contribution is 2.26. The molecule has 0 saturated heterocycles. The summed E-state index contributed by atoms with van der Waals surface area (Å²) in [5.41, 5.74) is 0.511. The number of amides is 1. The summed E-state index contributed by atoms with van der Waals surface area (Å²) in [7, 11) is 0. The molecule has 0 aliphatic carbocycles. The predicted octanol–water partition coefficient (Wildman–Crippen LogP) is 4.17. The highest BCUT2D eigenvalue weighted by molar-refractivity contribution is 7.99. The van der Waals surface area contributed by atoms with Gasteiger partial charge in [0.2, 0.25) is 5.91 Å². The number of carbonyl (C=O) groups excluding carboxylic acids is 1. The molecule has 0 unspecified atom stereocenters. The first-order chi connectivity index (χ1) is 7.79. The number of rotatable bonds is 3. The fourth-order valence-electron chi connectivity index (χ4n) is 1.24. The monoisotopic (exact) mass is 251 g/mol. The van der Waals surface area contributed by atoms with Crippen molar-refractivity contribution in [3.8, 4) is 0 Å². The van der Waals surface area contributed by atoms with Crippen molar-refractivity contribution in [1.29, 1.82) is 0 Å². The molecule has 1 N–H and O–H groups in total. The van der Waals surface area contributed by atoms with Crippen LogP contribution in [0.3, 0.4) is 0 Å². The Morgan fingerprint density at radius 1 is 1.29 bits per heavy atom. The zero-order chi connectivity index (χ0) is 13.1. The number of anilines is 1. The maximum Gasteiger partial charge on any atom is 0.229 e. The molecule has 2 nitrogen and oxygen atoms in total. The molecule has 0 aliphatic rings. The van der Waals surface area contributed by atoms with Crippen LogP contribution in [0.5, 0.6) is 0 Å². The van der Waals surface area contributed by atoms with Gasteiger partial charge in [0.05, 0.1) is 0 Å². The lowest BCUT2D eigenvalue weighted by Gasteiger charge is -2.18. The second-order valence-corrected chi connectivity index (χ2v) is 7.05. The number of hydrogen-bond acceptors (Lipinski definition) is 2. The Kier molecular flexibility index (Phi) is 4.63. The number of benzene rings is 1. The van der Waals surface area contributed by atoms with Gasteiger partial charge in [0.25, 0.3) is 0 Å². The zero-order valence-electron chi connectivity index (χ0n) is 11.2. The fraction of sp³-hybridized carbons (Fsp3) is 0.500. The summed E-state index contributed by atoms with van der Waals surface area (Å²) in [5, 5.41) is 3.49. The van der Waals surface area contributed by atoms with Gasteiger partial charge in [0.15, 0.2) is 0 Å². The Hall–Kier alpha value is -0.960. The molecule has 0 radical (unpaired) electrons. The number of nitrogens with one attached hydrogen (secondary N) is 1. The average molecular weight is 251 g/mol. The van der Waals surface area contributed by atoms with E-state index in [0.717, 1.165) is 5.69 Å². The van der Waals surface area contributed by atoms with Crippen molar-refractivity contribution in [2.75, 3.05) is 5.32 Å². The SMILES string of the molecule is CC(C)Sc1cccc(NC(=O)C(C)(C)C)c1. The second kappa shape index (κ2) is 5.58. The highest BCUT2D eigenvalue weighted by atomic mass is 32.2. The van der Waals surface area contributed by atoms with Crippen molar-refractivity contribution in [3.05, 3.63) is 24.3 Å². The van der Waals surface area contributed by atoms with Crippen molar-refractivity contribution >= 4 is 23.4 Å². The molecular weight excluding hydrogens is 230 g/mol. The van der Waals surface area contributed by atoms with Gasteiger partial charge in [-0.3, -0.25) is 4.79 Å². The minimum atomic E-state index is -0.360. The molecule has 1 rings (SSSR count). The minimum absolute atomic E-state index is 0.0456. The lowest BCUT2D eigenvalue weighted by atomic mass is 9.95. The van der Waals surface area contributed by atoms with Gasteiger partial charge in [-0.15, -0.1) is 11.8 Å². The number of hydrogen-bond donors (Lipinski definition) is 1. The Morgan fingerprint density at radius 2 is 1.94 bits per heavy atom. The fourth-order valence-corrected chi connectivity index (χ4v) is 2.13. The molecule has 0 heterocycles. The third-order valence-electron chi connectivity index (χ3n) is 2.14. The van der Waals surface area contributed by atoms with Gasteiger partial charge in [-0.05, 0) is 18.2 Å². The Morgan fingerprint density at radius 3 is 2.47 bits per heavy atom. The van der Waals surface area contributed by atoms with Crippen LogP contribution in [0.2, 0.25) is 0 Å². The van der Waals surface area contributed by atoms with E-state index in [9.17, 15) is 4.79 Å². The maximum absolute atomic E-state index is 11.8. The Labute approximate surface area is 108 Å². The van der Waals surface area contributed by atoms with Crippen LogP contribution in [0.15, 0.2) is 29.2 Å². The van der Waals surface area contributed by atoms with E-state index in [1.54, 1.807) is 11.8 Å². The molecule has 0 saturated carbocycles. The molecule has 0 atom stereocenters. The van der Waals surface area contributed by atoms with Crippen molar-refractivity contribution in [3.63, 3.8) is 0 Å². The lowest BCUT2D eigenvalue weighted by Crippen LogP contribution is -2.27. The largest absolute Gasteiger partial charge is 0.326 e. The van der Waals surface area contributed by atoms with E-state index in [2.05, 4.69) is 25.2 Å². The van der Waals surface area contributed by atoms with Gasteiger partial charge in [-0.1, -0.05) is 40.7 Å². The molecule has 3 heteroatoms. The van der Waals surface area contributed by atoms with Crippen molar-refractivity contribution < 1.29 is 4.79 Å². The summed E-state index contributed by atoms with van der Waals surface area (Å²) in [6, 6.07) is 7.99. The van der Waals surface area contributed by atoms with E-state index >= 15 is 0 Å². The minimum Gasteiger partial charge on any atom is -0.326 e. The number of thioether (sulfide) groups is 1. The van der Waals surface area contributed by atoms with Crippen LogP contribution < -0.4 is 5.32 Å². The molecule has 0 fully saturated rings. The molecule has 0 aliphatic heterocycles. The van der Waals surface area contributed by atoms with Crippen LogP contribution in [-0.4, -0.2) is 11.2 Å². The molecule has 17 heavy (non-hydrogen) atoms. The molecule has 0 bridgehead atoms. The predicted molar refractivity (Wildman–Crippen MR) is 75.5 cm³/mol. The van der Waals surface area contributed by atoms with Crippen molar-refractivity contribution in [1.82, 2.24) is 0 Å². The van der Waals surface area contributed by atoms with Crippen molar-refractivity contribution in [2.45, 2.75) is 44.8 Å². The zero-order valence-corrected chi connectivity index (χ0v) is 12.0. The molecular formula is C14H21NOS. The van der Waals surface area contributed by atoms with Gasteiger partial charge >= 0.3 is 0 Å². The summed E-state index contributed by atoms with van der Waals surface area (Å²) in [4.78, 5) is 13.0. The smallest absolute Gasteiger partial charge is 0.229 e. The first kappa shape index (κ1) is 14.1. The number of carbonyl (C=O) groups is 1. The van der Waals surface area contributed by atoms with Gasteiger partial charge in [0, 0.05) is 21.2 Å². The summed E-state index contributed by atoms with van der Waals surface area (Å²) in [5.74, 6) is 0.0456. The molecule has 1 aromatic rings. The Balaban J connectivity index is 2.76. The topological polar surface area (TPSA) is 29.1 Å². The van der Waals surface area contributed by atoms with Crippen LogP contribution >= 0.6 is 11.8 Å². The summed E-state index contributed by atoms with van der Waals surface area (Å²) < 4.78 is 0. The van der Waals surface area contributed by atoms with Gasteiger partial charge in [-0.2, -0.15) is 0 Å². The second-order valence-electron chi connectivity index (χ2n) is 5.40. The van der Waals surface area contributed by atoms with E-state index in [1.807, 2.05) is 39.0 Å². The van der Waals surface area contributed by atoms with Gasteiger partial charge < -0.3 is 5.32 Å². The van der Waals surface area contributed by atoms with Crippen LogP contribution in [0.4, 0.5) is 5.69 Å². The Bertz CT molecular complexity index is 393. The van der Waals surface area contributed by atoms with E-state index in [-0.39, 0.29) is 11.3 Å². The van der Waals surface area contributed by atoms with E-state index < -0.39 is 0 Å². The third-order valence-corrected chi connectivity index (χ3v) is 3.14. The third kappa shape index (κ3) is 4.82. The summed E-state index contributed by atoms with van der Waals surface area (Å²) >= 11 is 1.80. The van der Waals surface area contributed by atoms with E-state index in [0.29, 0.717) is 5.25 Å². The molecule has 1 amide bonds. The highest BCUT2D eigenvalue weighted by Gasteiger charge is 2.21. The van der Waals surface area contributed by atoms with Gasteiger partial charge in [-0.25, -0.2) is 0 Å². The van der Waals surface area contributed by atoms with Crippen LogP contribution in [0.25, 0.3) is 0 Å². The maximum atomic E-state index is 11.8. The standard InChI is InChI=1S/C14H21NOS/c1-10(2)17-12-8-6-7-11(9-12)15-13(16)14(3,4)5/h6-10H,1-5H3,(H,15,16). The molecule has 0 spiro atoms. The molecule has 0 aromatic heterocycles. The molecule has 94 valence electrons. The van der Waals surface area contributed by atoms with Crippen LogP contribution in [0.1, 0.15) is 34.6 Å². The van der Waals surface area contributed by atoms with E-state index in [4.69, 9.17) is 0 Å².